The lowest BCUT2D eigenvalue weighted by molar-refractivity contribution is 0.0951. The van der Waals surface area contributed by atoms with Gasteiger partial charge in [0.25, 0.3) is 5.91 Å². The van der Waals surface area contributed by atoms with Crippen LogP contribution in [0.15, 0.2) is 54.7 Å². The van der Waals surface area contributed by atoms with Crippen molar-refractivity contribution in [3.8, 4) is 0 Å². The molecule has 0 saturated carbocycles. The average molecular weight is 383 g/mol. The second-order valence-electron chi connectivity index (χ2n) is 6.69. The molecule has 2 heterocycles. The number of aromatic nitrogens is 1. The summed E-state index contributed by atoms with van der Waals surface area (Å²) in [6, 6.07) is 14.7. The van der Waals surface area contributed by atoms with Crippen molar-refractivity contribution in [1.29, 1.82) is 0 Å². The van der Waals surface area contributed by atoms with Gasteiger partial charge in [-0.05, 0) is 42.7 Å². The first-order valence-electron chi connectivity index (χ1n) is 8.98. The van der Waals surface area contributed by atoms with E-state index in [2.05, 4.69) is 10.3 Å². The number of para-hydroxylation sites is 1. The van der Waals surface area contributed by atoms with Crippen LogP contribution in [0.1, 0.15) is 28.8 Å². The summed E-state index contributed by atoms with van der Waals surface area (Å²) in [6.45, 7) is 0.859. The molecule has 1 amide bonds. The van der Waals surface area contributed by atoms with E-state index < -0.39 is 10.0 Å². The van der Waals surface area contributed by atoms with Crippen molar-refractivity contribution in [2.75, 3.05) is 16.6 Å². The number of benzene rings is 2. The van der Waals surface area contributed by atoms with Crippen molar-refractivity contribution in [1.82, 2.24) is 10.3 Å². The van der Waals surface area contributed by atoms with Gasteiger partial charge in [-0.25, -0.2) is 8.42 Å². The van der Waals surface area contributed by atoms with Gasteiger partial charge in [-0.2, -0.15) is 0 Å². The molecule has 2 aromatic carbocycles. The van der Waals surface area contributed by atoms with E-state index in [-0.39, 0.29) is 11.7 Å². The molecule has 7 heteroatoms. The minimum atomic E-state index is -3.29. The number of aromatic amines is 1. The molecule has 0 atom stereocenters. The Hall–Kier alpha value is -2.80. The molecule has 0 aliphatic carbocycles. The molecular formula is C20H21N3O3S. The van der Waals surface area contributed by atoms with Gasteiger partial charge in [0.1, 0.15) is 0 Å². The van der Waals surface area contributed by atoms with Gasteiger partial charge in [-0.1, -0.05) is 24.3 Å². The highest BCUT2D eigenvalue weighted by Gasteiger charge is 2.26. The molecule has 3 aromatic rings. The molecular weight excluding hydrogens is 362 g/mol. The Labute approximate surface area is 158 Å². The molecule has 6 nitrogen and oxygen atoms in total. The standard InChI is InChI=1S/C20H21N3O3S/c24-20(22-14-16-13-21-19-9-2-1-8-18(16)19)15-6-5-7-17(12-15)23-10-3-4-11-27(23,25)26/h1-2,5-9,12-13,21H,3-4,10-11,14H2,(H,22,24). The highest BCUT2D eigenvalue weighted by atomic mass is 32.2. The fraction of sp³-hybridized carbons (Fsp3) is 0.250. The van der Waals surface area contributed by atoms with Crippen LogP contribution in [0.4, 0.5) is 5.69 Å². The van der Waals surface area contributed by atoms with E-state index >= 15 is 0 Å². The number of sulfonamides is 1. The number of hydrogen-bond acceptors (Lipinski definition) is 3. The van der Waals surface area contributed by atoms with E-state index in [0.29, 0.717) is 30.8 Å². The van der Waals surface area contributed by atoms with Gasteiger partial charge in [0.05, 0.1) is 11.4 Å². The van der Waals surface area contributed by atoms with Gasteiger partial charge >= 0.3 is 0 Å². The van der Waals surface area contributed by atoms with Crippen LogP contribution in [0.5, 0.6) is 0 Å². The SMILES string of the molecule is O=C(NCc1c[nH]c2ccccc12)c1cccc(N2CCCCS2(=O)=O)c1. The van der Waals surface area contributed by atoms with Crippen molar-refractivity contribution in [3.05, 3.63) is 65.9 Å². The normalized spacial score (nSPS) is 16.4. The summed E-state index contributed by atoms with van der Waals surface area (Å²) in [4.78, 5) is 15.8. The largest absolute Gasteiger partial charge is 0.361 e. The fourth-order valence-electron chi connectivity index (χ4n) is 3.44. The average Bonchev–Trinajstić information content (AvgIpc) is 3.09. The fourth-order valence-corrected chi connectivity index (χ4v) is 5.07. The first-order valence-corrected chi connectivity index (χ1v) is 10.6. The van der Waals surface area contributed by atoms with Crippen LogP contribution < -0.4 is 9.62 Å². The number of hydrogen-bond donors (Lipinski definition) is 2. The van der Waals surface area contributed by atoms with Crippen molar-refractivity contribution < 1.29 is 13.2 Å². The van der Waals surface area contributed by atoms with Crippen molar-refractivity contribution in [2.24, 2.45) is 0 Å². The Morgan fingerprint density at radius 2 is 1.96 bits per heavy atom. The summed E-state index contributed by atoms with van der Waals surface area (Å²) in [6.07, 6.45) is 3.40. The zero-order chi connectivity index (χ0) is 18.9. The summed E-state index contributed by atoms with van der Waals surface area (Å²) in [5.74, 6) is -0.0687. The lowest BCUT2D eigenvalue weighted by Gasteiger charge is -2.28. The molecule has 1 aliphatic rings. The molecule has 140 valence electrons. The van der Waals surface area contributed by atoms with Crippen LogP contribution in [-0.4, -0.2) is 31.6 Å². The van der Waals surface area contributed by atoms with Crippen LogP contribution >= 0.6 is 0 Å². The van der Waals surface area contributed by atoms with Crippen LogP contribution in [0.3, 0.4) is 0 Å². The maximum atomic E-state index is 12.6. The molecule has 1 saturated heterocycles. The van der Waals surface area contributed by atoms with Crippen LogP contribution in [-0.2, 0) is 16.6 Å². The Morgan fingerprint density at radius 1 is 1.11 bits per heavy atom. The Balaban J connectivity index is 1.51. The maximum absolute atomic E-state index is 12.6. The van der Waals surface area contributed by atoms with E-state index in [1.807, 2.05) is 30.5 Å². The van der Waals surface area contributed by atoms with Gasteiger partial charge in [0, 0.05) is 35.8 Å². The Bertz CT molecular complexity index is 1090. The van der Waals surface area contributed by atoms with Crippen molar-refractivity contribution in [2.45, 2.75) is 19.4 Å². The third-order valence-corrected chi connectivity index (χ3v) is 6.73. The Kier molecular flexibility index (Phi) is 4.61. The van der Waals surface area contributed by atoms with E-state index in [0.717, 1.165) is 22.9 Å². The summed E-state index contributed by atoms with van der Waals surface area (Å²) in [5, 5.41) is 3.99. The number of amides is 1. The number of nitrogens with one attached hydrogen (secondary N) is 2. The van der Waals surface area contributed by atoms with Crippen molar-refractivity contribution in [3.63, 3.8) is 0 Å². The lowest BCUT2D eigenvalue weighted by Crippen LogP contribution is -2.38. The highest BCUT2D eigenvalue weighted by molar-refractivity contribution is 7.92. The smallest absolute Gasteiger partial charge is 0.251 e. The number of carbonyl (C=O) groups excluding carboxylic acids is 1. The highest BCUT2D eigenvalue weighted by Crippen LogP contribution is 2.24. The zero-order valence-electron chi connectivity index (χ0n) is 14.8. The number of anilines is 1. The first-order chi connectivity index (χ1) is 13.0. The van der Waals surface area contributed by atoms with E-state index in [9.17, 15) is 13.2 Å². The minimum Gasteiger partial charge on any atom is -0.361 e. The molecule has 0 spiro atoms. The predicted molar refractivity (Wildman–Crippen MR) is 106 cm³/mol. The van der Waals surface area contributed by atoms with Crippen LogP contribution in [0.2, 0.25) is 0 Å². The third kappa shape index (κ3) is 3.55. The van der Waals surface area contributed by atoms with Gasteiger partial charge in [0.15, 0.2) is 0 Å². The number of H-pyrrole nitrogens is 1. The third-order valence-electron chi connectivity index (χ3n) is 4.86. The van der Waals surface area contributed by atoms with Gasteiger partial charge in [0.2, 0.25) is 10.0 Å². The second kappa shape index (κ2) is 7.08. The molecule has 0 radical (unpaired) electrons. The number of carbonyl (C=O) groups is 1. The monoisotopic (exact) mass is 383 g/mol. The zero-order valence-corrected chi connectivity index (χ0v) is 15.6. The first kappa shape index (κ1) is 17.6. The molecule has 27 heavy (non-hydrogen) atoms. The quantitative estimate of drug-likeness (QED) is 0.726. The number of fused-ring (bicyclic) bond motifs is 1. The van der Waals surface area contributed by atoms with Crippen molar-refractivity contribution >= 4 is 32.5 Å². The van der Waals surface area contributed by atoms with E-state index in [1.165, 1.54) is 4.31 Å². The van der Waals surface area contributed by atoms with E-state index in [1.54, 1.807) is 24.3 Å². The molecule has 1 fully saturated rings. The topological polar surface area (TPSA) is 82.3 Å². The molecule has 1 aliphatic heterocycles. The van der Waals surface area contributed by atoms with Gasteiger partial charge < -0.3 is 10.3 Å². The minimum absolute atomic E-state index is 0.157. The Morgan fingerprint density at radius 3 is 2.81 bits per heavy atom. The summed E-state index contributed by atoms with van der Waals surface area (Å²) >= 11 is 0. The molecule has 4 rings (SSSR count). The molecule has 0 bridgehead atoms. The summed E-state index contributed by atoms with van der Waals surface area (Å²) < 4.78 is 26.0. The lowest BCUT2D eigenvalue weighted by atomic mass is 10.1. The summed E-state index contributed by atoms with van der Waals surface area (Å²) in [7, 11) is -3.29. The maximum Gasteiger partial charge on any atom is 0.251 e. The molecule has 2 N–H and O–H groups in total. The predicted octanol–water partition coefficient (Wildman–Crippen LogP) is 3.03. The summed E-state index contributed by atoms with van der Waals surface area (Å²) in [5.41, 5.74) is 3.04. The molecule has 0 unspecified atom stereocenters. The second-order valence-corrected chi connectivity index (χ2v) is 8.70. The van der Waals surface area contributed by atoms with Gasteiger partial charge in [-0.15, -0.1) is 0 Å². The number of nitrogens with zero attached hydrogens (tertiary/aromatic N) is 1. The van der Waals surface area contributed by atoms with E-state index in [4.69, 9.17) is 0 Å². The van der Waals surface area contributed by atoms with Crippen LogP contribution in [0, 0.1) is 0 Å². The van der Waals surface area contributed by atoms with Crippen LogP contribution in [0.25, 0.3) is 10.9 Å². The number of rotatable bonds is 4. The van der Waals surface area contributed by atoms with Gasteiger partial charge in [-0.3, -0.25) is 9.10 Å². The molecule has 1 aromatic heterocycles.